The van der Waals surface area contributed by atoms with Crippen LogP contribution in [0.5, 0.6) is 0 Å². The molecule has 0 aliphatic heterocycles. The number of carboxylic acid groups (broad SMARTS) is 1. The summed E-state index contributed by atoms with van der Waals surface area (Å²) in [6, 6.07) is 3.78. The minimum absolute atomic E-state index is 0.0874. The average Bonchev–Trinajstić information content (AvgIpc) is 2.26. The van der Waals surface area contributed by atoms with Crippen molar-refractivity contribution in [1.29, 1.82) is 0 Å². The van der Waals surface area contributed by atoms with E-state index in [1.54, 1.807) is 12.1 Å². The van der Waals surface area contributed by atoms with Gasteiger partial charge in [-0.3, -0.25) is 0 Å². The lowest BCUT2D eigenvalue weighted by Crippen LogP contribution is -2.19. The number of rotatable bonds is 5. The summed E-state index contributed by atoms with van der Waals surface area (Å²) in [7, 11) is 0. The van der Waals surface area contributed by atoms with Crippen molar-refractivity contribution in [3.05, 3.63) is 24.0 Å². The Labute approximate surface area is 89.3 Å². The van der Waals surface area contributed by atoms with Crippen molar-refractivity contribution in [2.24, 2.45) is 0 Å². The average molecular weight is 208 g/mol. The molecule has 82 valence electrons. The van der Waals surface area contributed by atoms with Crippen LogP contribution in [0.25, 0.3) is 0 Å². The summed E-state index contributed by atoms with van der Waals surface area (Å²) in [5, 5.41) is 12.1. The van der Waals surface area contributed by atoms with Gasteiger partial charge in [-0.1, -0.05) is 13.8 Å². The first-order valence-electron chi connectivity index (χ1n) is 5.13. The van der Waals surface area contributed by atoms with Gasteiger partial charge >= 0.3 is 5.97 Å². The Bertz CT molecular complexity index is 335. The quantitative estimate of drug-likeness (QED) is 0.779. The molecule has 0 saturated carbocycles. The minimum Gasteiger partial charge on any atom is -0.476 e. The zero-order chi connectivity index (χ0) is 11.3. The van der Waals surface area contributed by atoms with E-state index in [0.29, 0.717) is 11.7 Å². The van der Waals surface area contributed by atoms with E-state index in [-0.39, 0.29) is 5.69 Å². The molecule has 4 heteroatoms. The van der Waals surface area contributed by atoms with E-state index in [1.807, 2.05) is 0 Å². The SMILES string of the molecule is CCC(CC)Nc1cccnc1C(=O)O. The first-order chi connectivity index (χ1) is 7.19. The standard InChI is InChI=1S/C11H16N2O2/c1-3-8(4-2)13-9-6-5-7-12-10(9)11(14)15/h5-8,13H,3-4H2,1-2H3,(H,14,15). The highest BCUT2D eigenvalue weighted by Gasteiger charge is 2.12. The van der Waals surface area contributed by atoms with E-state index < -0.39 is 5.97 Å². The van der Waals surface area contributed by atoms with Crippen LogP contribution in [-0.2, 0) is 0 Å². The summed E-state index contributed by atoms with van der Waals surface area (Å²) in [4.78, 5) is 14.7. The Morgan fingerprint density at radius 3 is 2.73 bits per heavy atom. The molecule has 0 spiro atoms. The largest absolute Gasteiger partial charge is 0.476 e. The third kappa shape index (κ3) is 2.94. The van der Waals surface area contributed by atoms with Gasteiger partial charge < -0.3 is 10.4 Å². The molecular formula is C11H16N2O2. The molecule has 15 heavy (non-hydrogen) atoms. The minimum atomic E-state index is -0.996. The normalized spacial score (nSPS) is 10.3. The summed E-state index contributed by atoms with van der Waals surface area (Å²) < 4.78 is 0. The van der Waals surface area contributed by atoms with E-state index in [4.69, 9.17) is 5.11 Å². The van der Waals surface area contributed by atoms with E-state index in [1.165, 1.54) is 6.20 Å². The molecule has 1 aromatic heterocycles. The lowest BCUT2D eigenvalue weighted by atomic mass is 10.1. The number of nitrogens with zero attached hydrogens (tertiary/aromatic N) is 1. The lowest BCUT2D eigenvalue weighted by Gasteiger charge is -2.16. The molecule has 0 atom stereocenters. The monoisotopic (exact) mass is 208 g/mol. The van der Waals surface area contributed by atoms with Crippen LogP contribution in [0.4, 0.5) is 5.69 Å². The second-order valence-corrected chi connectivity index (χ2v) is 3.36. The molecule has 1 heterocycles. The van der Waals surface area contributed by atoms with Crippen molar-refractivity contribution >= 4 is 11.7 Å². The fourth-order valence-electron chi connectivity index (χ4n) is 1.40. The smallest absolute Gasteiger partial charge is 0.356 e. The van der Waals surface area contributed by atoms with Gasteiger partial charge in [0, 0.05) is 12.2 Å². The van der Waals surface area contributed by atoms with Gasteiger partial charge in [-0.15, -0.1) is 0 Å². The van der Waals surface area contributed by atoms with Gasteiger partial charge in [-0.2, -0.15) is 0 Å². The molecule has 0 saturated heterocycles. The van der Waals surface area contributed by atoms with Gasteiger partial charge in [0.25, 0.3) is 0 Å². The maximum Gasteiger partial charge on any atom is 0.356 e. The van der Waals surface area contributed by atoms with Gasteiger partial charge in [0.05, 0.1) is 5.69 Å². The zero-order valence-electron chi connectivity index (χ0n) is 9.03. The van der Waals surface area contributed by atoms with Gasteiger partial charge in [-0.05, 0) is 25.0 Å². The first-order valence-corrected chi connectivity index (χ1v) is 5.13. The molecule has 0 radical (unpaired) electrons. The molecule has 0 aliphatic carbocycles. The molecule has 1 rings (SSSR count). The van der Waals surface area contributed by atoms with Gasteiger partial charge in [-0.25, -0.2) is 9.78 Å². The molecule has 0 aliphatic rings. The van der Waals surface area contributed by atoms with Crippen molar-refractivity contribution in [2.45, 2.75) is 32.7 Å². The van der Waals surface area contributed by atoms with Crippen LogP contribution < -0.4 is 5.32 Å². The molecule has 4 nitrogen and oxygen atoms in total. The van der Waals surface area contributed by atoms with Crippen LogP contribution in [0.3, 0.4) is 0 Å². The Balaban J connectivity index is 2.88. The number of pyridine rings is 1. The maximum atomic E-state index is 10.9. The van der Waals surface area contributed by atoms with Gasteiger partial charge in [0.2, 0.25) is 0 Å². The molecule has 0 unspecified atom stereocenters. The zero-order valence-corrected chi connectivity index (χ0v) is 9.03. The highest BCUT2D eigenvalue weighted by molar-refractivity contribution is 5.91. The van der Waals surface area contributed by atoms with Crippen molar-refractivity contribution in [2.75, 3.05) is 5.32 Å². The number of hydrogen-bond acceptors (Lipinski definition) is 3. The first kappa shape index (κ1) is 11.5. The molecule has 2 N–H and O–H groups in total. The summed E-state index contributed by atoms with van der Waals surface area (Å²) in [5.41, 5.74) is 0.683. The Morgan fingerprint density at radius 1 is 1.53 bits per heavy atom. The van der Waals surface area contributed by atoms with Crippen molar-refractivity contribution in [1.82, 2.24) is 4.98 Å². The Morgan fingerprint density at radius 2 is 2.20 bits per heavy atom. The third-order valence-electron chi connectivity index (χ3n) is 2.36. The number of aromatic nitrogens is 1. The topological polar surface area (TPSA) is 62.2 Å². The Kier molecular flexibility index (Phi) is 4.09. The predicted molar refractivity (Wildman–Crippen MR) is 59.2 cm³/mol. The van der Waals surface area contributed by atoms with E-state index >= 15 is 0 Å². The molecule has 1 aromatic rings. The molecule has 0 amide bonds. The van der Waals surface area contributed by atoms with E-state index in [9.17, 15) is 4.79 Å². The molecular weight excluding hydrogens is 192 g/mol. The predicted octanol–water partition coefficient (Wildman–Crippen LogP) is 2.38. The lowest BCUT2D eigenvalue weighted by molar-refractivity contribution is 0.0691. The molecule has 0 fully saturated rings. The van der Waals surface area contributed by atoms with Crippen LogP contribution in [-0.4, -0.2) is 22.1 Å². The Hall–Kier alpha value is -1.58. The molecule has 0 aromatic carbocycles. The van der Waals surface area contributed by atoms with E-state index in [0.717, 1.165) is 12.8 Å². The number of carbonyl (C=O) groups is 1. The summed E-state index contributed by atoms with van der Waals surface area (Å²) >= 11 is 0. The summed E-state index contributed by atoms with van der Waals surface area (Å²) in [6.07, 6.45) is 3.41. The van der Waals surface area contributed by atoms with E-state index in [2.05, 4.69) is 24.1 Å². The van der Waals surface area contributed by atoms with Crippen LogP contribution in [0, 0.1) is 0 Å². The number of anilines is 1. The third-order valence-corrected chi connectivity index (χ3v) is 2.36. The van der Waals surface area contributed by atoms with Crippen LogP contribution in [0.15, 0.2) is 18.3 Å². The number of aromatic carboxylic acids is 1. The fraction of sp³-hybridized carbons (Fsp3) is 0.455. The summed E-state index contributed by atoms with van der Waals surface area (Å²) in [6.45, 7) is 4.13. The van der Waals surface area contributed by atoms with Gasteiger partial charge in [0.15, 0.2) is 5.69 Å². The van der Waals surface area contributed by atoms with Crippen LogP contribution in [0.1, 0.15) is 37.2 Å². The number of hydrogen-bond donors (Lipinski definition) is 2. The second-order valence-electron chi connectivity index (χ2n) is 3.36. The highest BCUT2D eigenvalue weighted by atomic mass is 16.4. The fourth-order valence-corrected chi connectivity index (χ4v) is 1.40. The van der Waals surface area contributed by atoms with Crippen molar-refractivity contribution in [3.63, 3.8) is 0 Å². The number of nitrogens with one attached hydrogen (secondary N) is 1. The number of carboxylic acids is 1. The second kappa shape index (κ2) is 5.34. The van der Waals surface area contributed by atoms with Crippen LogP contribution >= 0.6 is 0 Å². The van der Waals surface area contributed by atoms with Crippen LogP contribution in [0.2, 0.25) is 0 Å². The maximum absolute atomic E-state index is 10.9. The summed E-state index contributed by atoms with van der Waals surface area (Å²) in [5.74, 6) is -0.996. The van der Waals surface area contributed by atoms with Crippen molar-refractivity contribution in [3.8, 4) is 0 Å². The van der Waals surface area contributed by atoms with Gasteiger partial charge in [0.1, 0.15) is 0 Å². The molecule has 0 bridgehead atoms. The highest BCUT2D eigenvalue weighted by Crippen LogP contribution is 2.15. The van der Waals surface area contributed by atoms with Crippen molar-refractivity contribution < 1.29 is 9.90 Å².